The zero-order valence-electron chi connectivity index (χ0n) is 14.9. The summed E-state index contributed by atoms with van der Waals surface area (Å²) in [5, 5.41) is 0. The van der Waals surface area contributed by atoms with Gasteiger partial charge in [-0.2, -0.15) is 0 Å². The van der Waals surface area contributed by atoms with Crippen LogP contribution in [0.15, 0.2) is 18.7 Å². The van der Waals surface area contributed by atoms with Crippen molar-refractivity contribution in [3.05, 3.63) is 18.7 Å². The van der Waals surface area contributed by atoms with Crippen molar-refractivity contribution in [2.75, 3.05) is 19.4 Å². The van der Waals surface area contributed by atoms with E-state index in [4.69, 9.17) is 4.74 Å². The van der Waals surface area contributed by atoms with Crippen molar-refractivity contribution in [1.29, 1.82) is 0 Å². The van der Waals surface area contributed by atoms with Gasteiger partial charge in [-0.25, -0.2) is 4.98 Å². The lowest BCUT2D eigenvalue weighted by molar-refractivity contribution is 0.131. The van der Waals surface area contributed by atoms with Crippen molar-refractivity contribution in [3.8, 4) is 0 Å². The maximum Gasteiger partial charge on any atom is 0.0945 e. The van der Waals surface area contributed by atoms with Crippen molar-refractivity contribution < 1.29 is 4.74 Å². The van der Waals surface area contributed by atoms with Crippen molar-refractivity contribution in [3.63, 3.8) is 0 Å². The van der Waals surface area contributed by atoms with Crippen LogP contribution in [0.5, 0.6) is 0 Å². The smallest absolute Gasteiger partial charge is 0.0945 e. The van der Waals surface area contributed by atoms with E-state index >= 15 is 0 Å². The topological polar surface area (TPSA) is 27.1 Å². The third-order valence-electron chi connectivity index (χ3n) is 4.26. The molecule has 0 N–H and O–H groups in total. The zero-order valence-corrected chi connectivity index (χ0v) is 16.1. The molecule has 0 aromatic carbocycles. The quantitative estimate of drug-likeness (QED) is 0.278. The van der Waals surface area contributed by atoms with Crippen molar-refractivity contribution in [1.82, 2.24) is 9.55 Å². The molecule has 0 amide bonds. The Kier molecular flexibility index (Phi) is 14.8. The summed E-state index contributed by atoms with van der Waals surface area (Å²) < 4.78 is 7.75. The molecule has 1 heterocycles. The molecular formula is C19H37N2OP. The maximum absolute atomic E-state index is 5.57. The van der Waals surface area contributed by atoms with Crippen LogP contribution in [0.1, 0.15) is 77.0 Å². The van der Waals surface area contributed by atoms with Crippen LogP contribution >= 0.6 is 9.24 Å². The highest BCUT2D eigenvalue weighted by atomic mass is 31.0. The van der Waals surface area contributed by atoms with Gasteiger partial charge in [-0.05, 0) is 25.4 Å². The van der Waals surface area contributed by atoms with Crippen LogP contribution in [0.3, 0.4) is 0 Å². The second-order valence-corrected chi connectivity index (χ2v) is 7.02. The molecule has 4 heteroatoms. The van der Waals surface area contributed by atoms with Gasteiger partial charge in [0.1, 0.15) is 0 Å². The van der Waals surface area contributed by atoms with Gasteiger partial charge < -0.3 is 9.30 Å². The Labute approximate surface area is 145 Å². The lowest BCUT2D eigenvalue weighted by Crippen LogP contribution is -1.97. The van der Waals surface area contributed by atoms with E-state index in [-0.39, 0.29) is 0 Å². The molecule has 0 spiro atoms. The molecule has 1 unspecified atom stereocenters. The van der Waals surface area contributed by atoms with Crippen LogP contribution < -0.4 is 0 Å². The molecule has 1 aromatic rings. The fourth-order valence-electron chi connectivity index (χ4n) is 2.80. The molecule has 0 aliphatic heterocycles. The number of imidazole rings is 1. The van der Waals surface area contributed by atoms with E-state index in [1.807, 2.05) is 12.5 Å². The first-order valence-electron chi connectivity index (χ1n) is 9.67. The monoisotopic (exact) mass is 340 g/mol. The molecule has 1 atom stereocenters. The van der Waals surface area contributed by atoms with Gasteiger partial charge >= 0.3 is 0 Å². The maximum atomic E-state index is 5.57. The average Bonchev–Trinajstić information content (AvgIpc) is 3.08. The van der Waals surface area contributed by atoms with Crippen LogP contribution in [-0.2, 0) is 11.3 Å². The molecule has 1 rings (SSSR count). The van der Waals surface area contributed by atoms with Crippen molar-refractivity contribution in [2.45, 2.75) is 83.6 Å². The highest BCUT2D eigenvalue weighted by Gasteiger charge is 1.95. The van der Waals surface area contributed by atoms with Gasteiger partial charge in [-0.15, -0.1) is 9.24 Å². The largest absolute Gasteiger partial charge is 0.381 e. The first-order valence-corrected chi connectivity index (χ1v) is 10.5. The Balaban J connectivity index is 1.67. The highest BCUT2D eigenvalue weighted by molar-refractivity contribution is 7.16. The Bertz CT molecular complexity index is 330. The van der Waals surface area contributed by atoms with Crippen molar-refractivity contribution >= 4 is 9.24 Å². The summed E-state index contributed by atoms with van der Waals surface area (Å²) in [6.45, 7) is 3.02. The summed E-state index contributed by atoms with van der Waals surface area (Å²) in [5.41, 5.74) is 0. The molecule has 0 fully saturated rings. The number of rotatable bonds is 17. The Morgan fingerprint density at radius 3 is 1.87 bits per heavy atom. The van der Waals surface area contributed by atoms with E-state index in [0.717, 1.165) is 25.9 Å². The number of unbranched alkanes of at least 4 members (excludes halogenated alkanes) is 10. The van der Waals surface area contributed by atoms with Crippen LogP contribution in [0.25, 0.3) is 0 Å². The molecule has 23 heavy (non-hydrogen) atoms. The molecule has 0 bridgehead atoms. The summed E-state index contributed by atoms with van der Waals surface area (Å²) in [7, 11) is 2.75. The Hall–Kier alpha value is -0.400. The van der Waals surface area contributed by atoms with Crippen LogP contribution in [-0.4, -0.2) is 28.9 Å². The molecule has 0 saturated carbocycles. The number of aryl methyl sites for hydroxylation is 1. The summed E-state index contributed by atoms with van der Waals surface area (Å²) in [5.74, 6) is 0. The van der Waals surface area contributed by atoms with Crippen LogP contribution in [0.2, 0.25) is 0 Å². The minimum Gasteiger partial charge on any atom is -0.381 e. The van der Waals surface area contributed by atoms with E-state index in [1.54, 1.807) is 0 Å². The second-order valence-electron chi connectivity index (χ2n) is 6.44. The third kappa shape index (κ3) is 13.7. The SMILES string of the molecule is PCCCOCCCCCCCCCCCCCn1ccnc1. The summed E-state index contributed by atoms with van der Waals surface area (Å²) in [4.78, 5) is 4.07. The van der Waals surface area contributed by atoms with Crippen molar-refractivity contribution in [2.24, 2.45) is 0 Å². The molecule has 0 aliphatic rings. The number of hydrogen-bond donors (Lipinski definition) is 0. The average molecular weight is 340 g/mol. The van der Waals surface area contributed by atoms with E-state index in [1.165, 1.54) is 77.0 Å². The minimum absolute atomic E-state index is 0.936. The normalized spacial score (nSPS) is 11.2. The Morgan fingerprint density at radius 2 is 1.30 bits per heavy atom. The third-order valence-corrected chi connectivity index (χ3v) is 4.67. The number of aromatic nitrogens is 2. The number of ether oxygens (including phenoxy) is 1. The molecule has 1 aromatic heterocycles. The second kappa shape index (κ2) is 16.5. The van der Waals surface area contributed by atoms with Crippen LogP contribution in [0.4, 0.5) is 0 Å². The first-order chi connectivity index (χ1) is 11.4. The van der Waals surface area contributed by atoms with Gasteiger partial charge in [0.05, 0.1) is 6.33 Å². The Morgan fingerprint density at radius 1 is 0.739 bits per heavy atom. The van der Waals surface area contributed by atoms with E-state index in [9.17, 15) is 0 Å². The van der Waals surface area contributed by atoms with Gasteiger partial charge in [-0.3, -0.25) is 0 Å². The minimum atomic E-state index is 0.936. The van der Waals surface area contributed by atoms with E-state index in [2.05, 4.69) is 25.0 Å². The summed E-state index contributed by atoms with van der Waals surface area (Å²) in [6, 6.07) is 0. The van der Waals surface area contributed by atoms with E-state index in [0.29, 0.717) is 0 Å². The van der Waals surface area contributed by atoms with Gasteiger partial charge in [-0.1, -0.05) is 57.8 Å². The first kappa shape index (κ1) is 20.6. The number of hydrogen-bond acceptors (Lipinski definition) is 2. The molecule has 3 nitrogen and oxygen atoms in total. The van der Waals surface area contributed by atoms with Crippen LogP contribution in [0, 0.1) is 0 Å². The number of nitrogens with zero attached hydrogens (tertiary/aromatic N) is 2. The highest BCUT2D eigenvalue weighted by Crippen LogP contribution is 2.11. The fourth-order valence-corrected chi connectivity index (χ4v) is 2.96. The zero-order chi connectivity index (χ0) is 16.4. The van der Waals surface area contributed by atoms with Gasteiger partial charge in [0.15, 0.2) is 0 Å². The standard InChI is InChI=1S/C19H37N2OP/c23-18-12-17-22-16-11-9-7-5-3-1-2-4-6-8-10-14-21-15-13-20-19-21/h13,15,19H,1-12,14,16-18,23H2. The summed E-state index contributed by atoms with van der Waals surface area (Å²) >= 11 is 0. The van der Waals surface area contributed by atoms with E-state index < -0.39 is 0 Å². The summed E-state index contributed by atoms with van der Waals surface area (Å²) in [6.07, 6.45) is 23.2. The predicted molar refractivity (Wildman–Crippen MR) is 103 cm³/mol. The molecular weight excluding hydrogens is 303 g/mol. The molecule has 0 aliphatic carbocycles. The molecule has 134 valence electrons. The fraction of sp³-hybridized carbons (Fsp3) is 0.842. The lowest BCUT2D eigenvalue weighted by Gasteiger charge is -2.04. The molecule has 0 radical (unpaired) electrons. The van der Waals surface area contributed by atoms with Gasteiger partial charge in [0.2, 0.25) is 0 Å². The molecule has 0 saturated heterocycles. The lowest BCUT2D eigenvalue weighted by atomic mass is 10.1. The predicted octanol–water partition coefficient (Wildman–Crippen LogP) is 5.46. The van der Waals surface area contributed by atoms with Gasteiger partial charge in [0.25, 0.3) is 0 Å². The van der Waals surface area contributed by atoms with Gasteiger partial charge in [0, 0.05) is 32.2 Å².